The number of carbonyl (C=O) groups excluding carboxylic acids is 2. The number of hydrogen-bond donors (Lipinski definition) is 1. The molecule has 0 aromatic rings. The van der Waals surface area contributed by atoms with Crippen molar-refractivity contribution in [2.24, 2.45) is 0 Å². The number of quaternary nitrogens is 1. The van der Waals surface area contributed by atoms with Crippen LogP contribution in [0.5, 0.6) is 0 Å². The van der Waals surface area contributed by atoms with Gasteiger partial charge in [0.05, 0.1) is 27.7 Å². The third-order valence-corrected chi connectivity index (χ3v) is 6.29. The smallest absolute Gasteiger partial charge is 0.462 e. The fourth-order valence-corrected chi connectivity index (χ4v) is 3.87. The van der Waals surface area contributed by atoms with Crippen molar-refractivity contribution in [1.82, 2.24) is 0 Å². The lowest BCUT2D eigenvalue weighted by atomic mass is 10.1. The lowest BCUT2D eigenvalue weighted by Crippen LogP contribution is -2.37. The maximum atomic E-state index is 12.2. The van der Waals surface area contributed by atoms with Crippen molar-refractivity contribution < 1.29 is 42.1 Å². The standard InChI is InChI=1S/C26H50NO8P/c1-6-8-10-11-12-13-14-15-17-18-25(28)32-22-24(35-26(29)19-16-9-7-2)23-34-36(30,31)33-21-20-27(3,4)5/h8,10,24H,6-7,9,11-23H2,1-5H3/p+1/b10-8-/t24-/m1/s1. The first-order valence-corrected chi connectivity index (χ1v) is 14.9. The minimum absolute atomic E-state index is 0.0309. The zero-order chi connectivity index (χ0) is 27.3. The van der Waals surface area contributed by atoms with E-state index in [1.54, 1.807) is 0 Å². The Kier molecular flexibility index (Phi) is 20.0. The van der Waals surface area contributed by atoms with E-state index in [1.807, 2.05) is 28.1 Å². The lowest BCUT2D eigenvalue weighted by Gasteiger charge is -2.24. The van der Waals surface area contributed by atoms with E-state index < -0.39 is 26.5 Å². The molecule has 0 rings (SSSR count). The van der Waals surface area contributed by atoms with E-state index in [9.17, 15) is 19.0 Å². The molecule has 0 bridgehead atoms. The van der Waals surface area contributed by atoms with E-state index in [0.29, 0.717) is 17.4 Å². The Bertz CT molecular complexity index is 663. The van der Waals surface area contributed by atoms with Crippen molar-refractivity contribution in [3.8, 4) is 0 Å². The van der Waals surface area contributed by atoms with Gasteiger partial charge in [0.25, 0.3) is 0 Å². The van der Waals surface area contributed by atoms with Crippen LogP contribution in [0.3, 0.4) is 0 Å². The molecule has 0 saturated carbocycles. The highest BCUT2D eigenvalue weighted by atomic mass is 31.2. The topological polar surface area (TPSA) is 108 Å². The van der Waals surface area contributed by atoms with E-state index in [1.165, 1.54) is 0 Å². The molecule has 9 nitrogen and oxygen atoms in total. The molecule has 0 aliphatic carbocycles. The predicted molar refractivity (Wildman–Crippen MR) is 141 cm³/mol. The highest BCUT2D eigenvalue weighted by Crippen LogP contribution is 2.43. The summed E-state index contributed by atoms with van der Waals surface area (Å²) in [5.74, 6) is -0.847. The van der Waals surface area contributed by atoms with Gasteiger partial charge in [-0.2, -0.15) is 0 Å². The Morgan fingerprint density at radius 2 is 1.50 bits per heavy atom. The summed E-state index contributed by atoms with van der Waals surface area (Å²) >= 11 is 0. The van der Waals surface area contributed by atoms with Gasteiger partial charge in [-0.15, -0.1) is 0 Å². The van der Waals surface area contributed by atoms with Gasteiger partial charge in [-0.1, -0.05) is 58.1 Å². The summed E-state index contributed by atoms with van der Waals surface area (Å²) in [6.45, 7) is 4.05. The average molecular weight is 537 g/mol. The molecule has 2 atom stereocenters. The molecule has 10 heteroatoms. The first kappa shape index (κ1) is 34.8. The Balaban J connectivity index is 4.48. The fraction of sp³-hybridized carbons (Fsp3) is 0.846. The van der Waals surface area contributed by atoms with E-state index in [0.717, 1.165) is 57.8 Å². The number of carbonyl (C=O) groups is 2. The summed E-state index contributed by atoms with van der Waals surface area (Å²) in [7, 11) is 1.46. The zero-order valence-electron chi connectivity index (χ0n) is 23.2. The van der Waals surface area contributed by atoms with Gasteiger partial charge in [-0.25, -0.2) is 4.57 Å². The lowest BCUT2D eigenvalue weighted by molar-refractivity contribution is -0.870. The molecule has 1 N–H and O–H groups in total. The number of nitrogens with zero attached hydrogens (tertiary/aromatic N) is 1. The van der Waals surface area contributed by atoms with Crippen LogP contribution in [-0.4, -0.2) is 74.9 Å². The summed E-state index contributed by atoms with van der Waals surface area (Å²) in [5, 5.41) is 0. The second kappa shape index (κ2) is 20.8. The molecule has 1 unspecified atom stereocenters. The predicted octanol–water partition coefficient (Wildman–Crippen LogP) is 5.56. The molecular formula is C26H51NO8P+. The average Bonchev–Trinajstić information content (AvgIpc) is 2.79. The van der Waals surface area contributed by atoms with Crippen molar-refractivity contribution in [2.75, 3.05) is 47.5 Å². The summed E-state index contributed by atoms with van der Waals surface area (Å²) in [6.07, 6.45) is 13.6. The van der Waals surface area contributed by atoms with Crippen LogP contribution in [0.1, 0.15) is 90.9 Å². The number of hydrogen-bond acceptors (Lipinski definition) is 7. The second-order valence-corrected chi connectivity index (χ2v) is 11.5. The zero-order valence-corrected chi connectivity index (χ0v) is 24.1. The number of allylic oxidation sites excluding steroid dienone is 2. The minimum Gasteiger partial charge on any atom is -0.462 e. The van der Waals surface area contributed by atoms with E-state index >= 15 is 0 Å². The first-order chi connectivity index (χ1) is 17.0. The van der Waals surface area contributed by atoms with Gasteiger partial charge in [0.1, 0.15) is 19.8 Å². The molecule has 212 valence electrons. The third-order valence-electron chi connectivity index (χ3n) is 5.31. The van der Waals surface area contributed by atoms with Crippen LogP contribution >= 0.6 is 7.82 Å². The van der Waals surface area contributed by atoms with Crippen molar-refractivity contribution in [2.45, 2.75) is 97.0 Å². The van der Waals surface area contributed by atoms with Gasteiger partial charge in [-0.05, 0) is 32.1 Å². The fourth-order valence-electron chi connectivity index (χ4n) is 3.13. The maximum absolute atomic E-state index is 12.2. The molecule has 0 amide bonds. The molecule has 0 spiro atoms. The van der Waals surface area contributed by atoms with Crippen molar-refractivity contribution in [1.29, 1.82) is 0 Å². The third kappa shape index (κ3) is 23.2. The van der Waals surface area contributed by atoms with Gasteiger partial charge in [0.2, 0.25) is 0 Å². The Labute approximate surface area is 218 Å². The van der Waals surface area contributed by atoms with Gasteiger partial charge < -0.3 is 18.9 Å². The van der Waals surface area contributed by atoms with Crippen LogP contribution < -0.4 is 0 Å². The number of esters is 2. The van der Waals surface area contributed by atoms with Crippen molar-refractivity contribution >= 4 is 19.8 Å². The molecule has 0 aliphatic rings. The summed E-state index contributed by atoms with van der Waals surface area (Å²) in [5.41, 5.74) is 0. The van der Waals surface area contributed by atoms with Crippen LogP contribution in [-0.2, 0) is 32.7 Å². The van der Waals surface area contributed by atoms with Crippen LogP contribution in [0.15, 0.2) is 12.2 Å². The monoisotopic (exact) mass is 536 g/mol. The van der Waals surface area contributed by atoms with E-state index in [-0.39, 0.29) is 32.0 Å². The first-order valence-electron chi connectivity index (χ1n) is 13.4. The maximum Gasteiger partial charge on any atom is 0.472 e. The molecule has 0 fully saturated rings. The van der Waals surface area contributed by atoms with Crippen molar-refractivity contribution in [3.63, 3.8) is 0 Å². The number of ether oxygens (including phenoxy) is 2. The number of phosphoric acid groups is 1. The highest BCUT2D eigenvalue weighted by Gasteiger charge is 2.26. The van der Waals surface area contributed by atoms with Crippen LogP contribution in [0, 0.1) is 0 Å². The molecule has 0 aliphatic heterocycles. The molecule has 36 heavy (non-hydrogen) atoms. The summed E-state index contributed by atoms with van der Waals surface area (Å²) in [6, 6.07) is 0. The second-order valence-electron chi connectivity index (χ2n) is 10.0. The van der Waals surface area contributed by atoms with Gasteiger partial charge in [0.15, 0.2) is 6.10 Å². The summed E-state index contributed by atoms with van der Waals surface area (Å²) in [4.78, 5) is 34.2. The molecule has 0 saturated heterocycles. The number of rotatable bonds is 23. The van der Waals surface area contributed by atoms with Gasteiger partial charge in [0, 0.05) is 12.8 Å². The Hall–Kier alpha value is -1.25. The van der Waals surface area contributed by atoms with E-state index in [2.05, 4.69) is 19.1 Å². The van der Waals surface area contributed by atoms with Crippen LogP contribution in [0.4, 0.5) is 0 Å². The molecular weight excluding hydrogens is 485 g/mol. The molecule has 0 radical (unpaired) electrons. The normalized spacial score (nSPS) is 14.5. The Morgan fingerprint density at radius 1 is 0.861 bits per heavy atom. The number of phosphoric ester groups is 1. The number of likely N-dealkylation sites (N-methyl/N-ethyl adjacent to an activating group) is 1. The largest absolute Gasteiger partial charge is 0.472 e. The molecule has 0 heterocycles. The Morgan fingerprint density at radius 3 is 2.17 bits per heavy atom. The number of unbranched alkanes of at least 4 members (excludes halogenated alkanes) is 7. The van der Waals surface area contributed by atoms with Crippen LogP contribution in [0.2, 0.25) is 0 Å². The van der Waals surface area contributed by atoms with Crippen molar-refractivity contribution in [3.05, 3.63) is 12.2 Å². The van der Waals surface area contributed by atoms with E-state index in [4.69, 9.17) is 18.5 Å². The minimum atomic E-state index is -4.33. The summed E-state index contributed by atoms with van der Waals surface area (Å²) < 4.78 is 33.4. The highest BCUT2D eigenvalue weighted by molar-refractivity contribution is 7.47. The quantitative estimate of drug-likeness (QED) is 0.0595. The molecule has 0 aromatic heterocycles. The van der Waals surface area contributed by atoms with Gasteiger partial charge >= 0.3 is 19.8 Å². The molecule has 0 aromatic carbocycles. The SMILES string of the molecule is CC/C=C\CCCCCCCC(=O)OC[C@H](COP(=O)(O)OCC[N+](C)(C)C)OC(=O)CCCCC. The van der Waals surface area contributed by atoms with Crippen LogP contribution in [0.25, 0.3) is 0 Å². The van der Waals surface area contributed by atoms with Gasteiger partial charge in [-0.3, -0.25) is 18.6 Å².